The van der Waals surface area contributed by atoms with Gasteiger partial charge in [-0.05, 0) is 12.1 Å². The third kappa shape index (κ3) is 2.16. The summed E-state index contributed by atoms with van der Waals surface area (Å²) in [7, 11) is 0. The van der Waals surface area contributed by atoms with Crippen LogP contribution in [0.2, 0.25) is 10.0 Å². The molecule has 0 bridgehead atoms. The van der Waals surface area contributed by atoms with E-state index in [0.717, 1.165) is 5.56 Å². The molecule has 1 N–H and O–H groups in total. The number of carboxylic acids is 1. The molecule has 0 saturated carbocycles. The zero-order valence-electron chi connectivity index (χ0n) is 11.5. The van der Waals surface area contributed by atoms with Crippen LogP contribution in [0.4, 0.5) is 0 Å². The van der Waals surface area contributed by atoms with Crippen LogP contribution >= 0.6 is 23.2 Å². The molecule has 7 heteroatoms. The van der Waals surface area contributed by atoms with Crippen molar-refractivity contribution in [3.63, 3.8) is 0 Å². The highest BCUT2D eigenvalue weighted by Gasteiger charge is 2.34. The molecule has 1 aromatic heterocycles. The molecule has 2 heterocycles. The molecular weight excluding hydrogens is 341 g/mol. The average molecular weight is 350 g/mol. The average Bonchev–Trinajstić information content (AvgIpc) is 3.12. The van der Waals surface area contributed by atoms with Crippen LogP contribution in [0.15, 0.2) is 34.9 Å². The Morgan fingerprint density at radius 2 is 2.04 bits per heavy atom. The van der Waals surface area contributed by atoms with E-state index >= 15 is 0 Å². The van der Waals surface area contributed by atoms with Gasteiger partial charge in [0.2, 0.25) is 0 Å². The van der Waals surface area contributed by atoms with Gasteiger partial charge in [0.05, 0.1) is 15.4 Å². The molecule has 0 spiro atoms. The van der Waals surface area contributed by atoms with E-state index in [1.807, 2.05) is 18.2 Å². The van der Waals surface area contributed by atoms with E-state index in [9.17, 15) is 4.79 Å². The largest absolute Gasteiger partial charge is 0.478 e. The zero-order chi connectivity index (χ0) is 16.1. The van der Waals surface area contributed by atoms with E-state index in [-0.39, 0.29) is 6.42 Å². The number of hydrogen-bond donors (Lipinski definition) is 1. The van der Waals surface area contributed by atoms with Crippen molar-refractivity contribution in [2.75, 3.05) is 0 Å². The lowest BCUT2D eigenvalue weighted by Gasteiger charge is -2.05. The Morgan fingerprint density at radius 1 is 1.26 bits per heavy atom. The standard InChI is InChI=1S/C16H9Cl2NO4/c17-10-4-2-1-3-7(10)13-8-5-11(18)15-9(14(8)23-19-13)6-12(22-15)16(20)21/h1-5,12H,6H2,(H,20,21). The second-order valence-electron chi connectivity index (χ2n) is 5.20. The number of carbonyl (C=O) groups is 1. The number of fused-ring (bicyclic) bond motifs is 3. The molecule has 1 unspecified atom stereocenters. The first kappa shape index (κ1) is 14.4. The zero-order valence-corrected chi connectivity index (χ0v) is 13.1. The summed E-state index contributed by atoms with van der Waals surface area (Å²) in [4.78, 5) is 11.2. The molecule has 1 atom stereocenters. The van der Waals surface area contributed by atoms with E-state index in [0.29, 0.717) is 38.0 Å². The van der Waals surface area contributed by atoms with Gasteiger partial charge in [0.15, 0.2) is 11.7 Å². The Bertz CT molecular complexity index is 951. The van der Waals surface area contributed by atoms with Crippen LogP contribution in [0.1, 0.15) is 5.56 Å². The summed E-state index contributed by atoms with van der Waals surface area (Å²) in [5, 5.41) is 14.8. The summed E-state index contributed by atoms with van der Waals surface area (Å²) in [6, 6.07) is 8.92. The first-order valence-corrected chi connectivity index (χ1v) is 7.57. The number of aromatic nitrogens is 1. The van der Waals surface area contributed by atoms with Crippen LogP contribution in [0, 0.1) is 0 Å². The van der Waals surface area contributed by atoms with Gasteiger partial charge in [0.1, 0.15) is 11.4 Å². The Kier molecular flexibility index (Phi) is 3.21. The Morgan fingerprint density at radius 3 is 2.78 bits per heavy atom. The third-order valence-electron chi connectivity index (χ3n) is 3.82. The Balaban J connectivity index is 1.94. The van der Waals surface area contributed by atoms with Crippen molar-refractivity contribution >= 4 is 40.1 Å². The molecule has 0 amide bonds. The van der Waals surface area contributed by atoms with E-state index in [1.165, 1.54) is 0 Å². The monoisotopic (exact) mass is 349 g/mol. The molecule has 1 aliphatic heterocycles. The van der Waals surface area contributed by atoms with Crippen LogP contribution in [0.5, 0.6) is 5.75 Å². The summed E-state index contributed by atoms with van der Waals surface area (Å²) in [6.45, 7) is 0. The van der Waals surface area contributed by atoms with E-state index < -0.39 is 12.1 Å². The summed E-state index contributed by atoms with van der Waals surface area (Å²) in [5.41, 5.74) is 2.38. The van der Waals surface area contributed by atoms with Gasteiger partial charge >= 0.3 is 5.97 Å². The van der Waals surface area contributed by atoms with Crippen molar-refractivity contribution in [1.29, 1.82) is 0 Å². The number of carboxylic acid groups (broad SMARTS) is 1. The van der Waals surface area contributed by atoms with Crippen LogP contribution in [0.3, 0.4) is 0 Å². The van der Waals surface area contributed by atoms with Crippen molar-refractivity contribution in [2.45, 2.75) is 12.5 Å². The van der Waals surface area contributed by atoms with Gasteiger partial charge in [-0.2, -0.15) is 0 Å². The topological polar surface area (TPSA) is 72.6 Å². The molecule has 1 aliphatic rings. The molecule has 116 valence electrons. The predicted octanol–water partition coefficient (Wildman–Crippen LogP) is 4.19. The number of hydrogen-bond acceptors (Lipinski definition) is 4. The van der Waals surface area contributed by atoms with Gasteiger partial charge in [-0.25, -0.2) is 4.79 Å². The molecule has 0 fully saturated rings. The lowest BCUT2D eigenvalue weighted by atomic mass is 10.0. The molecule has 0 saturated heterocycles. The van der Waals surface area contributed by atoms with Crippen LogP contribution < -0.4 is 4.74 Å². The summed E-state index contributed by atoms with van der Waals surface area (Å²) >= 11 is 12.5. The molecule has 3 aromatic rings. The SMILES string of the molecule is O=C(O)C1Cc2c(c(Cl)cc3c(-c4ccccc4Cl)noc23)O1. The number of ether oxygens (including phenoxy) is 1. The first-order valence-electron chi connectivity index (χ1n) is 6.81. The Labute approximate surface area is 140 Å². The highest BCUT2D eigenvalue weighted by Crippen LogP contribution is 2.44. The Hall–Kier alpha value is -2.24. The van der Waals surface area contributed by atoms with Crippen molar-refractivity contribution in [2.24, 2.45) is 0 Å². The lowest BCUT2D eigenvalue weighted by Crippen LogP contribution is -2.24. The maximum Gasteiger partial charge on any atom is 0.345 e. The van der Waals surface area contributed by atoms with Crippen LogP contribution in [-0.4, -0.2) is 22.3 Å². The van der Waals surface area contributed by atoms with E-state index in [1.54, 1.807) is 12.1 Å². The van der Waals surface area contributed by atoms with Gasteiger partial charge in [-0.3, -0.25) is 0 Å². The smallest absolute Gasteiger partial charge is 0.345 e. The fraction of sp³-hybridized carbons (Fsp3) is 0.125. The minimum Gasteiger partial charge on any atom is -0.478 e. The second kappa shape index (κ2) is 5.15. The fourth-order valence-electron chi connectivity index (χ4n) is 2.76. The molecular formula is C16H9Cl2NO4. The van der Waals surface area contributed by atoms with Crippen molar-refractivity contribution in [3.8, 4) is 17.0 Å². The van der Waals surface area contributed by atoms with E-state index in [4.69, 9.17) is 37.6 Å². The molecule has 23 heavy (non-hydrogen) atoms. The summed E-state index contributed by atoms with van der Waals surface area (Å²) in [6.07, 6.45) is -0.791. The maximum atomic E-state index is 11.2. The maximum absolute atomic E-state index is 11.2. The van der Waals surface area contributed by atoms with Gasteiger partial charge in [0.25, 0.3) is 0 Å². The second-order valence-corrected chi connectivity index (χ2v) is 6.02. The fourth-order valence-corrected chi connectivity index (χ4v) is 3.25. The van der Waals surface area contributed by atoms with Crippen LogP contribution in [-0.2, 0) is 11.2 Å². The minimum absolute atomic E-state index is 0.179. The number of aliphatic carboxylic acids is 1. The number of benzene rings is 2. The van der Waals surface area contributed by atoms with Crippen molar-refractivity contribution in [3.05, 3.63) is 45.9 Å². The molecule has 2 aromatic carbocycles. The van der Waals surface area contributed by atoms with Crippen molar-refractivity contribution in [1.82, 2.24) is 5.16 Å². The molecule has 0 aliphatic carbocycles. The van der Waals surface area contributed by atoms with Crippen LogP contribution in [0.25, 0.3) is 22.2 Å². The van der Waals surface area contributed by atoms with Gasteiger partial charge < -0.3 is 14.4 Å². The molecule has 4 rings (SSSR count). The number of halogens is 2. The predicted molar refractivity (Wildman–Crippen MR) is 85.2 cm³/mol. The first-order chi connectivity index (χ1) is 11.1. The van der Waals surface area contributed by atoms with Gasteiger partial charge in [-0.15, -0.1) is 0 Å². The minimum atomic E-state index is -1.05. The normalized spacial score (nSPS) is 16.3. The number of rotatable bonds is 2. The highest BCUT2D eigenvalue weighted by molar-refractivity contribution is 6.34. The number of nitrogens with zero attached hydrogens (tertiary/aromatic N) is 1. The highest BCUT2D eigenvalue weighted by atomic mass is 35.5. The van der Waals surface area contributed by atoms with Gasteiger partial charge in [-0.1, -0.05) is 46.6 Å². The summed E-state index contributed by atoms with van der Waals surface area (Å²) < 4.78 is 10.8. The third-order valence-corrected chi connectivity index (χ3v) is 4.43. The lowest BCUT2D eigenvalue weighted by molar-refractivity contribution is -0.144. The van der Waals surface area contributed by atoms with Gasteiger partial charge in [0, 0.05) is 17.5 Å². The van der Waals surface area contributed by atoms with Crippen molar-refractivity contribution < 1.29 is 19.2 Å². The van der Waals surface area contributed by atoms with E-state index in [2.05, 4.69) is 5.16 Å². The quantitative estimate of drug-likeness (QED) is 0.750. The molecule has 0 radical (unpaired) electrons. The molecule has 5 nitrogen and oxygen atoms in total. The summed E-state index contributed by atoms with van der Waals surface area (Å²) in [5.74, 6) is -0.704.